The van der Waals surface area contributed by atoms with E-state index in [1.165, 1.54) is 11.0 Å². The maximum absolute atomic E-state index is 14.8. The second kappa shape index (κ2) is 12.8. The van der Waals surface area contributed by atoms with Crippen LogP contribution >= 0.6 is 22.9 Å². The summed E-state index contributed by atoms with van der Waals surface area (Å²) in [5.74, 6) is 0.117. The third-order valence-corrected chi connectivity index (χ3v) is 10.0. The molecule has 3 aromatic carbocycles. The number of anilines is 1. The molecule has 9 heteroatoms. The van der Waals surface area contributed by atoms with Gasteiger partial charge in [-0.05, 0) is 86.7 Å². The van der Waals surface area contributed by atoms with E-state index >= 15 is 0 Å². The first-order valence-electron chi connectivity index (χ1n) is 14.1. The first-order valence-corrected chi connectivity index (χ1v) is 15.3. The van der Waals surface area contributed by atoms with Gasteiger partial charge in [0.25, 0.3) is 5.91 Å². The number of carbonyl (C=O) groups is 2. The highest BCUT2D eigenvalue weighted by Gasteiger charge is 2.32. The number of carbonyl (C=O) groups excluding carboxylic acids is 2. The van der Waals surface area contributed by atoms with Crippen LogP contribution in [-0.4, -0.2) is 50.5 Å². The van der Waals surface area contributed by atoms with Crippen molar-refractivity contribution in [3.8, 4) is 16.9 Å². The Bertz CT molecular complexity index is 1600. The van der Waals surface area contributed by atoms with Crippen LogP contribution in [0, 0.1) is 12.7 Å². The van der Waals surface area contributed by atoms with Gasteiger partial charge in [-0.15, -0.1) is 11.3 Å². The fraction of sp³-hybridized carbons (Fsp3) is 0.333. The maximum Gasteiger partial charge on any atom is 0.266 e. The van der Waals surface area contributed by atoms with E-state index in [0.717, 1.165) is 71.4 Å². The second-order valence-corrected chi connectivity index (χ2v) is 12.2. The summed E-state index contributed by atoms with van der Waals surface area (Å²) >= 11 is 7.93. The number of hydrogen-bond donors (Lipinski definition) is 1. The molecule has 0 aliphatic heterocycles. The van der Waals surface area contributed by atoms with Gasteiger partial charge in [0, 0.05) is 42.3 Å². The van der Waals surface area contributed by atoms with Gasteiger partial charge in [0.15, 0.2) is 0 Å². The molecule has 6 nitrogen and oxygen atoms in total. The van der Waals surface area contributed by atoms with Crippen LogP contribution in [-0.2, 0) is 11.3 Å². The molecule has 1 saturated carbocycles. The van der Waals surface area contributed by atoms with Crippen LogP contribution in [0.2, 0.25) is 5.02 Å². The number of rotatable bonds is 9. The fourth-order valence-corrected chi connectivity index (χ4v) is 7.44. The Hall–Kier alpha value is -3.46. The molecule has 1 aromatic heterocycles. The number of hydrogen-bond acceptors (Lipinski definition) is 5. The molecule has 0 saturated heterocycles. The summed E-state index contributed by atoms with van der Waals surface area (Å²) in [5, 5.41) is 4.28. The van der Waals surface area contributed by atoms with Crippen LogP contribution in [0.3, 0.4) is 0 Å². The highest BCUT2D eigenvalue weighted by Crippen LogP contribution is 2.41. The molecular weight excluding hydrogens is 573 g/mol. The van der Waals surface area contributed by atoms with Crippen LogP contribution in [0.25, 0.3) is 21.2 Å². The molecule has 1 aliphatic rings. The summed E-state index contributed by atoms with van der Waals surface area (Å²) < 4.78 is 20.9. The highest BCUT2D eigenvalue weighted by atomic mass is 35.5. The van der Waals surface area contributed by atoms with E-state index in [9.17, 15) is 14.0 Å². The largest absolute Gasteiger partial charge is 0.496 e. The normalized spacial score (nSPS) is 16.8. The number of aryl methyl sites for hydroxylation is 1. The second-order valence-electron chi connectivity index (χ2n) is 10.8. The lowest BCUT2D eigenvalue weighted by Crippen LogP contribution is -2.44. The minimum atomic E-state index is -0.373. The van der Waals surface area contributed by atoms with Crippen molar-refractivity contribution in [1.29, 1.82) is 0 Å². The van der Waals surface area contributed by atoms with Crippen molar-refractivity contribution >= 4 is 51.0 Å². The van der Waals surface area contributed by atoms with E-state index in [1.54, 1.807) is 20.2 Å². The molecule has 0 bridgehead atoms. The van der Waals surface area contributed by atoms with E-state index in [4.69, 9.17) is 16.3 Å². The molecule has 0 spiro atoms. The van der Waals surface area contributed by atoms with Gasteiger partial charge in [0.2, 0.25) is 6.41 Å². The predicted octanol–water partition coefficient (Wildman–Crippen LogP) is 7.44. The Kier molecular flexibility index (Phi) is 9.16. The summed E-state index contributed by atoms with van der Waals surface area (Å²) in [4.78, 5) is 29.3. The van der Waals surface area contributed by atoms with Gasteiger partial charge in [-0.2, -0.15) is 0 Å². The molecule has 2 amide bonds. The van der Waals surface area contributed by atoms with Gasteiger partial charge >= 0.3 is 0 Å². The lowest BCUT2D eigenvalue weighted by atomic mass is 9.89. The Morgan fingerprint density at radius 3 is 2.40 bits per heavy atom. The molecule has 5 rings (SSSR count). The van der Waals surface area contributed by atoms with Crippen LogP contribution < -0.4 is 15.0 Å². The SMILES string of the molecule is CN[C@H]1CC[C@H](N(Cc2cc(-c3ccc(N(C)C=O)cc3)ccc2OC)C(=O)c2sc3c(F)ccc(C)c3c2Cl)CC1. The molecule has 4 aromatic rings. The van der Waals surface area contributed by atoms with E-state index < -0.39 is 0 Å². The highest BCUT2D eigenvalue weighted by molar-refractivity contribution is 7.21. The lowest BCUT2D eigenvalue weighted by Gasteiger charge is -2.37. The summed E-state index contributed by atoms with van der Waals surface area (Å²) in [5.41, 5.74) is 4.45. The van der Waals surface area contributed by atoms with E-state index in [0.29, 0.717) is 38.3 Å². The van der Waals surface area contributed by atoms with Crippen molar-refractivity contribution in [2.45, 2.75) is 51.2 Å². The van der Waals surface area contributed by atoms with Gasteiger partial charge in [0.05, 0.1) is 16.8 Å². The Morgan fingerprint density at radius 2 is 1.79 bits per heavy atom. The van der Waals surface area contributed by atoms with Crippen LogP contribution in [0.5, 0.6) is 5.75 Å². The smallest absolute Gasteiger partial charge is 0.266 e. The van der Waals surface area contributed by atoms with Crippen molar-refractivity contribution in [2.24, 2.45) is 0 Å². The van der Waals surface area contributed by atoms with Gasteiger partial charge in [-0.3, -0.25) is 9.59 Å². The number of amides is 2. The zero-order chi connectivity index (χ0) is 30.0. The van der Waals surface area contributed by atoms with Crippen LogP contribution in [0.1, 0.15) is 46.5 Å². The van der Waals surface area contributed by atoms with Crippen molar-refractivity contribution < 1.29 is 18.7 Å². The molecule has 1 heterocycles. The number of halogens is 2. The van der Waals surface area contributed by atoms with E-state index in [1.807, 2.05) is 61.3 Å². The summed E-state index contributed by atoms with van der Waals surface area (Å²) in [6.07, 6.45) is 4.38. The summed E-state index contributed by atoms with van der Waals surface area (Å²) in [6, 6.07) is 17.2. The summed E-state index contributed by atoms with van der Waals surface area (Å²) in [7, 11) is 5.31. The summed E-state index contributed by atoms with van der Waals surface area (Å²) in [6.45, 7) is 2.20. The van der Waals surface area contributed by atoms with Crippen molar-refractivity contribution in [3.63, 3.8) is 0 Å². The van der Waals surface area contributed by atoms with Crippen molar-refractivity contribution in [3.05, 3.63) is 81.4 Å². The van der Waals surface area contributed by atoms with E-state index in [2.05, 4.69) is 5.32 Å². The molecule has 1 fully saturated rings. The standard InChI is InChI=1S/C33H35ClFN3O3S/c1-20-5-15-27(35)31-29(20)30(34)32(42-31)33(40)38(26-13-9-24(36-2)10-14-26)18-23-17-22(8-16-28(23)41-4)21-6-11-25(12-7-21)37(3)19-39/h5-8,11-12,15-17,19,24,26,36H,9-10,13-14,18H2,1-4H3/t24-,26-. The first-order chi connectivity index (χ1) is 20.2. The van der Waals surface area contributed by atoms with Gasteiger partial charge in [-0.1, -0.05) is 35.9 Å². The third-order valence-electron chi connectivity index (χ3n) is 8.33. The molecular formula is C33H35ClFN3O3S. The third kappa shape index (κ3) is 5.89. The Balaban J connectivity index is 1.53. The van der Waals surface area contributed by atoms with Crippen molar-refractivity contribution in [2.75, 3.05) is 26.1 Å². The van der Waals surface area contributed by atoms with Crippen molar-refractivity contribution in [1.82, 2.24) is 10.2 Å². The number of benzene rings is 3. The molecule has 42 heavy (non-hydrogen) atoms. The quantitative estimate of drug-likeness (QED) is 0.201. The Morgan fingerprint density at radius 1 is 1.10 bits per heavy atom. The average molecular weight is 608 g/mol. The number of fused-ring (bicyclic) bond motifs is 1. The zero-order valence-corrected chi connectivity index (χ0v) is 25.8. The van der Waals surface area contributed by atoms with Gasteiger partial charge in [0.1, 0.15) is 16.4 Å². The lowest BCUT2D eigenvalue weighted by molar-refractivity contribution is -0.107. The molecule has 0 atom stereocenters. The predicted molar refractivity (Wildman–Crippen MR) is 169 cm³/mol. The Labute approximate surface area is 255 Å². The number of nitrogens with one attached hydrogen (secondary N) is 1. The monoisotopic (exact) mass is 607 g/mol. The molecule has 0 radical (unpaired) electrons. The number of methoxy groups -OCH3 is 1. The topological polar surface area (TPSA) is 61.9 Å². The fourth-order valence-electron chi connectivity index (χ4n) is 5.81. The first kappa shape index (κ1) is 30.0. The molecule has 0 unspecified atom stereocenters. The molecule has 1 N–H and O–H groups in total. The number of thiophene rings is 1. The number of nitrogens with zero attached hydrogens (tertiary/aromatic N) is 2. The maximum atomic E-state index is 14.8. The van der Waals surface area contributed by atoms with Gasteiger partial charge in [-0.25, -0.2) is 4.39 Å². The minimum Gasteiger partial charge on any atom is -0.496 e. The number of ether oxygens (including phenoxy) is 1. The molecule has 220 valence electrons. The average Bonchev–Trinajstić information content (AvgIpc) is 3.39. The van der Waals surface area contributed by atoms with Gasteiger partial charge < -0.3 is 19.9 Å². The minimum absolute atomic E-state index is 0.000784. The van der Waals surface area contributed by atoms with E-state index in [-0.39, 0.29) is 17.8 Å². The van der Waals surface area contributed by atoms with Crippen LogP contribution in [0.4, 0.5) is 10.1 Å². The molecule has 1 aliphatic carbocycles. The van der Waals surface area contributed by atoms with Crippen LogP contribution in [0.15, 0.2) is 54.6 Å². The zero-order valence-electron chi connectivity index (χ0n) is 24.2.